The van der Waals surface area contributed by atoms with E-state index in [1.54, 1.807) is 19.4 Å². The second-order valence-corrected chi connectivity index (χ2v) is 3.73. The van der Waals surface area contributed by atoms with Crippen LogP contribution < -0.4 is 10.1 Å². The van der Waals surface area contributed by atoms with E-state index < -0.39 is 0 Å². The standard InChI is InChI=1S/C13H11N3O2/c1-17-9-5-6-10-11(8-9)18-16-13(10)15-12-4-2-3-7-14-12/h2-8H,1H3,(H,14,15,16). The summed E-state index contributed by atoms with van der Waals surface area (Å²) in [6.45, 7) is 0. The fraction of sp³-hybridized carbons (Fsp3) is 0.0769. The SMILES string of the molecule is COc1ccc2c(Nc3ccccn3)noc2c1. The van der Waals surface area contributed by atoms with Gasteiger partial charge in [-0.25, -0.2) is 4.98 Å². The fourth-order valence-electron chi connectivity index (χ4n) is 1.69. The number of nitrogens with zero attached hydrogens (tertiary/aromatic N) is 2. The summed E-state index contributed by atoms with van der Waals surface area (Å²) in [5, 5.41) is 7.98. The smallest absolute Gasteiger partial charge is 0.182 e. The van der Waals surface area contributed by atoms with Crippen LogP contribution in [-0.2, 0) is 0 Å². The highest BCUT2D eigenvalue weighted by molar-refractivity contribution is 5.90. The van der Waals surface area contributed by atoms with Gasteiger partial charge in [-0.05, 0) is 24.3 Å². The van der Waals surface area contributed by atoms with Crippen LogP contribution in [0.15, 0.2) is 47.1 Å². The minimum absolute atomic E-state index is 0.645. The molecule has 5 nitrogen and oxygen atoms in total. The van der Waals surface area contributed by atoms with Crippen molar-refractivity contribution in [3.63, 3.8) is 0 Å². The van der Waals surface area contributed by atoms with Crippen molar-refractivity contribution in [2.75, 3.05) is 12.4 Å². The number of hydrogen-bond donors (Lipinski definition) is 1. The van der Waals surface area contributed by atoms with Crippen molar-refractivity contribution in [1.29, 1.82) is 0 Å². The molecule has 18 heavy (non-hydrogen) atoms. The second kappa shape index (κ2) is 4.37. The molecule has 1 N–H and O–H groups in total. The van der Waals surface area contributed by atoms with Crippen LogP contribution in [0, 0.1) is 0 Å². The van der Waals surface area contributed by atoms with Gasteiger partial charge in [-0.2, -0.15) is 0 Å². The van der Waals surface area contributed by atoms with Crippen molar-refractivity contribution in [3.8, 4) is 5.75 Å². The van der Waals surface area contributed by atoms with Gasteiger partial charge in [-0.1, -0.05) is 11.2 Å². The largest absolute Gasteiger partial charge is 0.497 e. The topological polar surface area (TPSA) is 60.2 Å². The number of nitrogens with one attached hydrogen (secondary N) is 1. The number of methoxy groups -OCH3 is 1. The lowest BCUT2D eigenvalue weighted by molar-refractivity contribution is 0.412. The summed E-state index contributed by atoms with van der Waals surface area (Å²) in [4.78, 5) is 4.18. The highest BCUT2D eigenvalue weighted by Gasteiger charge is 2.09. The molecule has 0 radical (unpaired) electrons. The molecule has 0 amide bonds. The lowest BCUT2D eigenvalue weighted by Crippen LogP contribution is -1.92. The molecule has 90 valence electrons. The van der Waals surface area contributed by atoms with Crippen LogP contribution in [0.3, 0.4) is 0 Å². The highest BCUT2D eigenvalue weighted by atomic mass is 16.5. The first-order chi connectivity index (χ1) is 8.86. The maximum atomic E-state index is 5.24. The molecule has 5 heteroatoms. The minimum atomic E-state index is 0.645. The van der Waals surface area contributed by atoms with Crippen LogP contribution in [0.5, 0.6) is 5.75 Å². The maximum absolute atomic E-state index is 5.24. The van der Waals surface area contributed by atoms with Gasteiger partial charge in [0.05, 0.1) is 12.5 Å². The van der Waals surface area contributed by atoms with Crippen molar-refractivity contribution < 1.29 is 9.26 Å². The quantitative estimate of drug-likeness (QED) is 0.763. The van der Waals surface area contributed by atoms with Crippen LogP contribution >= 0.6 is 0 Å². The summed E-state index contributed by atoms with van der Waals surface area (Å²) < 4.78 is 10.4. The molecule has 0 fully saturated rings. The zero-order chi connectivity index (χ0) is 12.4. The van der Waals surface area contributed by atoms with E-state index >= 15 is 0 Å². The first-order valence-electron chi connectivity index (χ1n) is 5.48. The molecule has 0 aliphatic heterocycles. The van der Waals surface area contributed by atoms with Crippen molar-refractivity contribution in [3.05, 3.63) is 42.6 Å². The van der Waals surface area contributed by atoms with E-state index in [0.717, 1.165) is 17.0 Å². The highest BCUT2D eigenvalue weighted by Crippen LogP contribution is 2.28. The Bertz CT molecular complexity index is 664. The third-order valence-corrected chi connectivity index (χ3v) is 2.59. The van der Waals surface area contributed by atoms with Gasteiger partial charge in [0.1, 0.15) is 11.6 Å². The van der Waals surface area contributed by atoms with Crippen LogP contribution in [0.4, 0.5) is 11.6 Å². The summed E-state index contributed by atoms with van der Waals surface area (Å²) in [6, 6.07) is 11.2. The molecular weight excluding hydrogens is 230 g/mol. The second-order valence-electron chi connectivity index (χ2n) is 3.73. The van der Waals surface area contributed by atoms with Gasteiger partial charge < -0.3 is 14.6 Å². The zero-order valence-corrected chi connectivity index (χ0v) is 9.75. The normalized spacial score (nSPS) is 10.5. The van der Waals surface area contributed by atoms with Gasteiger partial charge in [-0.15, -0.1) is 0 Å². The molecule has 3 aromatic rings. The van der Waals surface area contributed by atoms with E-state index in [9.17, 15) is 0 Å². The molecule has 0 saturated carbocycles. The summed E-state index contributed by atoms with van der Waals surface area (Å²) in [5.74, 6) is 2.11. The maximum Gasteiger partial charge on any atom is 0.182 e. The minimum Gasteiger partial charge on any atom is -0.497 e. The Hall–Kier alpha value is -2.56. The number of benzene rings is 1. The molecule has 0 bridgehead atoms. The monoisotopic (exact) mass is 241 g/mol. The lowest BCUT2D eigenvalue weighted by Gasteiger charge is -2.01. The molecule has 0 aliphatic carbocycles. The Balaban J connectivity index is 1.98. The van der Waals surface area contributed by atoms with Crippen molar-refractivity contribution in [2.24, 2.45) is 0 Å². The third kappa shape index (κ3) is 1.86. The fourth-order valence-corrected chi connectivity index (χ4v) is 1.69. The Morgan fingerprint density at radius 1 is 1.22 bits per heavy atom. The van der Waals surface area contributed by atoms with Crippen molar-refractivity contribution in [1.82, 2.24) is 10.1 Å². The van der Waals surface area contributed by atoms with E-state index in [2.05, 4.69) is 15.5 Å². The summed E-state index contributed by atoms with van der Waals surface area (Å²) in [6.07, 6.45) is 1.72. The predicted octanol–water partition coefficient (Wildman–Crippen LogP) is 2.98. The number of ether oxygens (including phenoxy) is 1. The molecule has 2 heterocycles. The van der Waals surface area contributed by atoms with E-state index in [0.29, 0.717) is 11.4 Å². The van der Waals surface area contributed by atoms with Gasteiger partial charge in [0, 0.05) is 12.3 Å². The number of aromatic nitrogens is 2. The van der Waals surface area contributed by atoms with E-state index in [1.807, 2.05) is 30.3 Å². The van der Waals surface area contributed by atoms with Gasteiger partial charge in [0.2, 0.25) is 0 Å². The first kappa shape index (κ1) is 10.6. The van der Waals surface area contributed by atoms with Crippen LogP contribution in [0.25, 0.3) is 11.0 Å². The Morgan fingerprint density at radius 3 is 2.94 bits per heavy atom. The Kier molecular flexibility index (Phi) is 2.57. The van der Waals surface area contributed by atoms with E-state index in [4.69, 9.17) is 9.26 Å². The van der Waals surface area contributed by atoms with Crippen LogP contribution in [0.1, 0.15) is 0 Å². The molecule has 2 aromatic heterocycles. The predicted molar refractivity (Wildman–Crippen MR) is 68.1 cm³/mol. The van der Waals surface area contributed by atoms with Crippen LogP contribution in [0.2, 0.25) is 0 Å². The molecule has 0 saturated heterocycles. The number of hydrogen-bond acceptors (Lipinski definition) is 5. The molecular formula is C13H11N3O2. The number of pyridine rings is 1. The molecule has 1 aromatic carbocycles. The lowest BCUT2D eigenvalue weighted by atomic mass is 10.2. The molecule has 0 atom stereocenters. The van der Waals surface area contributed by atoms with Gasteiger partial charge >= 0.3 is 0 Å². The number of anilines is 2. The molecule has 0 aliphatic rings. The summed E-state index contributed by atoms with van der Waals surface area (Å²) in [5.41, 5.74) is 0.674. The van der Waals surface area contributed by atoms with Crippen LogP contribution in [-0.4, -0.2) is 17.3 Å². The average Bonchev–Trinajstić information content (AvgIpc) is 2.82. The molecule has 0 unspecified atom stereocenters. The summed E-state index contributed by atoms with van der Waals surface area (Å²) in [7, 11) is 1.62. The van der Waals surface area contributed by atoms with Gasteiger partial charge in [0.25, 0.3) is 0 Å². The van der Waals surface area contributed by atoms with E-state index in [-0.39, 0.29) is 0 Å². The first-order valence-corrected chi connectivity index (χ1v) is 5.48. The third-order valence-electron chi connectivity index (χ3n) is 2.59. The molecule has 0 spiro atoms. The Labute approximate surface area is 103 Å². The average molecular weight is 241 g/mol. The summed E-state index contributed by atoms with van der Waals surface area (Å²) >= 11 is 0. The van der Waals surface area contributed by atoms with Gasteiger partial charge in [0.15, 0.2) is 11.4 Å². The number of fused-ring (bicyclic) bond motifs is 1. The zero-order valence-electron chi connectivity index (χ0n) is 9.75. The van der Waals surface area contributed by atoms with Gasteiger partial charge in [-0.3, -0.25) is 0 Å². The van der Waals surface area contributed by atoms with E-state index in [1.165, 1.54) is 0 Å². The molecule has 3 rings (SSSR count). The number of rotatable bonds is 3. The van der Waals surface area contributed by atoms with Crippen molar-refractivity contribution >= 4 is 22.6 Å². The Morgan fingerprint density at radius 2 is 2.17 bits per heavy atom. The van der Waals surface area contributed by atoms with Crippen molar-refractivity contribution in [2.45, 2.75) is 0 Å².